The van der Waals surface area contributed by atoms with Gasteiger partial charge in [-0.05, 0) is 13.0 Å². The van der Waals surface area contributed by atoms with E-state index in [0.29, 0.717) is 0 Å². The van der Waals surface area contributed by atoms with Gasteiger partial charge in [0, 0.05) is 12.4 Å². The molecule has 0 fully saturated rings. The molecule has 1 atom stereocenters. The molecule has 1 amide bonds. The van der Waals surface area contributed by atoms with Gasteiger partial charge in [-0.1, -0.05) is 0 Å². The molecule has 0 bridgehead atoms. The second-order valence-electron chi connectivity index (χ2n) is 2.38. The normalized spacial score (nSPS) is 12.5. The molecule has 11 heavy (non-hydrogen) atoms. The van der Waals surface area contributed by atoms with Crippen LogP contribution in [0.4, 0.5) is 5.69 Å². The Hall–Kier alpha value is -1.29. The molecule has 1 aromatic heterocycles. The van der Waals surface area contributed by atoms with E-state index in [9.17, 15) is 4.79 Å². The van der Waals surface area contributed by atoms with E-state index in [4.69, 9.17) is 5.73 Å². The van der Waals surface area contributed by atoms with Crippen LogP contribution in [0, 0.1) is 0 Å². The predicted molar refractivity (Wildman–Crippen MR) is 43.1 cm³/mol. The molecule has 1 rings (SSSR count). The highest BCUT2D eigenvalue weighted by Gasteiger charge is 2.06. The van der Waals surface area contributed by atoms with Gasteiger partial charge in [0.2, 0.25) is 5.91 Å². The van der Waals surface area contributed by atoms with Crippen LogP contribution in [0.1, 0.15) is 6.92 Å². The Labute approximate surface area is 64.8 Å². The van der Waals surface area contributed by atoms with Crippen LogP contribution >= 0.6 is 0 Å². The zero-order valence-electron chi connectivity index (χ0n) is 6.29. The Bertz CT molecular complexity index is 228. The average molecular weight is 153 g/mol. The monoisotopic (exact) mass is 153 g/mol. The molecule has 0 spiro atoms. The van der Waals surface area contributed by atoms with E-state index in [2.05, 4.69) is 10.3 Å². The van der Waals surface area contributed by atoms with Crippen LogP contribution < -0.4 is 11.1 Å². The molecule has 0 aliphatic heterocycles. The van der Waals surface area contributed by atoms with Gasteiger partial charge in [-0.3, -0.25) is 4.79 Å². The highest BCUT2D eigenvalue weighted by Crippen LogP contribution is 2.03. The van der Waals surface area contributed by atoms with Gasteiger partial charge in [0.1, 0.15) is 0 Å². The molecular formula is C7H11N3O. The number of rotatable bonds is 2. The highest BCUT2D eigenvalue weighted by atomic mass is 16.2. The molecule has 0 saturated heterocycles. The summed E-state index contributed by atoms with van der Waals surface area (Å²) >= 11 is 0. The maximum absolute atomic E-state index is 11.0. The third-order valence-corrected chi connectivity index (χ3v) is 1.28. The highest BCUT2D eigenvalue weighted by molar-refractivity contribution is 5.94. The van der Waals surface area contributed by atoms with Gasteiger partial charge in [0.15, 0.2) is 0 Å². The SMILES string of the molecule is CC(N)C(=O)Nc1cc[nH]c1. The molecule has 0 aliphatic rings. The maximum Gasteiger partial charge on any atom is 0.241 e. The number of aromatic amines is 1. The topological polar surface area (TPSA) is 70.9 Å². The third-order valence-electron chi connectivity index (χ3n) is 1.28. The van der Waals surface area contributed by atoms with Crippen LogP contribution in [0.2, 0.25) is 0 Å². The number of aromatic nitrogens is 1. The summed E-state index contributed by atoms with van der Waals surface area (Å²) in [7, 11) is 0. The minimum absolute atomic E-state index is 0.176. The fraction of sp³-hybridized carbons (Fsp3) is 0.286. The van der Waals surface area contributed by atoms with Crippen LogP contribution in [-0.4, -0.2) is 16.9 Å². The maximum atomic E-state index is 11.0. The summed E-state index contributed by atoms with van der Waals surface area (Å²) in [5, 5.41) is 2.63. The van der Waals surface area contributed by atoms with Crippen molar-refractivity contribution in [2.24, 2.45) is 5.73 Å². The zero-order valence-corrected chi connectivity index (χ0v) is 6.29. The van der Waals surface area contributed by atoms with E-state index in [-0.39, 0.29) is 5.91 Å². The molecule has 4 N–H and O–H groups in total. The molecule has 1 heterocycles. The summed E-state index contributed by atoms with van der Waals surface area (Å²) in [5.74, 6) is -0.176. The smallest absolute Gasteiger partial charge is 0.241 e. The number of nitrogens with one attached hydrogen (secondary N) is 2. The molecule has 0 saturated carbocycles. The first-order valence-corrected chi connectivity index (χ1v) is 3.39. The van der Waals surface area contributed by atoms with E-state index in [1.54, 1.807) is 25.4 Å². The molecule has 60 valence electrons. The molecule has 0 radical (unpaired) electrons. The molecule has 1 aromatic rings. The zero-order chi connectivity index (χ0) is 8.27. The minimum atomic E-state index is -0.468. The van der Waals surface area contributed by atoms with Gasteiger partial charge in [0.25, 0.3) is 0 Å². The first kappa shape index (κ1) is 7.81. The summed E-state index contributed by atoms with van der Waals surface area (Å²) in [6.45, 7) is 1.64. The Morgan fingerprint density at radius 2 is 2.55 bits per heavy atom. The van der Waals surface area contributed by atoms with E-state index >= 15 is 0 Å². The van der Waals surface area contributed by atoms with E-state index in [1.165, 1.54) is 0 Å². The summed E-state index contributed by atoms with van der Waals surface area (Å²) < 4.78 is 0. The molecule has 1 unspecified atom stereocenters. The van der Waals surface area contributed by atoms with Crippen molar-refractivity contribution in [2.75, 3.05) is 5.32 Å². The van der Waals surface area contributed by atoms with Crippen molar-refractivity contribution in [3.05, 3.63) is 18.5 Å². The van der Waals surface area contributed by atoms with Crippen LogP contribution in [-0.2, 0) is 4.79 Å². The van der Waals surface area contributed by atoms with E-state index < -0.39 is 6.04 Å². The Kier molecular flexibility index (Phi) is 2.28. The lowest BCUT2D eigenvalue weighted by Gasteiger charge is -2.04. The standard InChI is InChI=1S/C7H11N3O/c1-5(8)7(11)10-6-2-3-9-4-6/h2-5,9H,8H2,1H3,(H,10,11). The van der Waals surface area contributed by atoms with Gasteiger partial charge in [0.05, 0.1) is 11.7 Å². The lowest BCUT2D eigenvalue weighted by molar-refractivity contribution is -0.117. The number of anilines is 1. The van der Waals surface area contributed by atoms with Crippen molar-refractivity contribution >= 4 is 11.6 Å². The fourth-order valence-electron chi connectivity index (χ4n) is 0.658. The van der Waals surface area contributed by atoms with Crippen molar-refractivity contribution in [3.8, 4) is 0 Å². The Morgan fingerprint density at radius 1 is 1.82 bits per heavy atom. The van der Waals surface area contributed by atoms with Gasteiger partial charge in [-0.2, -0.15) is 0 Å². The largest absolute Gasteiger partial charge is 0.366 e. The number of hydrogen-bond acceptors (Lipinski definition) is 2. The predicted octanol–water partition coefficient (Wildman–Crippen LogP) is 0.300. The number of carbonyl (C=O) groups excluding carboxylic acids is 1. The van der Waals surface area contributed by atoms with Crippen molar-refractivity contribution < 1.29 is 4.79 Å². The number of carbonyl (C=O) groups is 1. The van der Waals surface area contributed by atoms with Gasteiger partial charge < -0.3 is 16.0 Å². The summed E-state index contributed by atoms with van der Waals surface area (Å²) in [6, 6.07) is 1.30. The first-order chi connectivity index (χ1) is 5.20. The minimum Gasteiger partial charge on any atom is -0.366 e. The van der Waals surface area contributed by atoms with Crippen molar-refractivity contribution in [1.82, 2.24) is 4.98 Å². The second kappa shape index (κ2) is 3.21. The Balaban J connectivity index is 2.50. The van der Waals surface area contributed by atoms with Crippen molar-refractivity contribution in [2.45, 2.75) is 13.0 Å². The molecule has 0 aliphatic carbocycles. The molecule has 4 heteroatoms. The molecular weight excluding hydrogens is 142 g/mol. The number of amides is 1. The Morgan fingerprint density at radius 3 is 3.00 bits per heavy atom. The first-order valence-electron chi connectivity index (χ1n) is 3.39. The van der Waals surface area contributed by atoms with Crippen LogP contribution in [0.25, 0.3) is 0 Å². The third kappa shape index (κ3) is 2.09. The fourth-order valence-corrected chi connectivity index (χ4v) is 0.658. The van der Waals surface area contributed by atoms with Crippen molar-refractivity contribution in [3.63, 3.8) is 0 Å². The van der Waals surface area contributed by atoms with Crippen LogP contribution in [0.5, 0.6) is 0 Å². The number of H-pyrrole nitrogens is 1. The summed E-state index contributed by atoms with van der Waals surface area (Å²) in [6.07, 6.45) is 3.43. The summed E-state index contributed by atoms with van der Waals surface area (Å²) in [4.78, 5) is 13.8. The number of hydrogen-bond donors (Lipinski definition) is 3. The summed E-state index contributed by atoms with van der Waals surface area (Å²) in [5.41, 5.74) is 6.07. The molecule has 4 nitrogen and oxygen atoms in total. The second-order valence-corrected chi connectivity index (χ2v) is 2.38. The van der Waals surface area contributed by atoms with Gasteiger partial charge >= 0.3 is 0 Å². The number of nitrogens with two attached hydrogens (primary N) is 1. The van der Waals surface area contributed by atoms with E-state index in [0.717, 1.165) is 5.69 Å². The average Bonchev–Trinajstić information content (AvgIpc) is 2.39. The lowest BCUT2D eigenvalue weighted by atomic mass is 10.3. The van der Waals surface area contributed by atoms with Crippen LogP contribution in [0.3, 0.4) is 0 Å². The molecule has 0 aromatic carbocycles. The van der Waals surface area contributed by atoms with Gasteiger partial charge in [-0.25, -0.2) is 0 Å². The lowest BCUT2D eigenvalue weighted by Crippen LogP contribution is -2.32. The van der Waals surface area contributed by atoms with E-state index in [1.807, 2.05) is 0 Å². The quantitative estimate of drug-likeness (QED) is 0.572. The van der Waals surface area contributed by atoms with Crippen LogP contribution in [0.15, 0.2) is 18.5 Å². The van der Waals surface area contributed by atoms with Crippen molar-refractivity contribution in [1.29, 1.82) is 0 Å². The van der Waals surface area contributed by atoms with Gasteiger partial charge in [-0.15, -0.1) is 0 Å².